The van der Waals surface area contributed by atoms with Crippen LogP contribution in [-0.4, -0.2) is 67.6 Å². The third-order valence-electron chi connectivity index (χ3n) is 11.8. The van der Waals surface area contributed by atoms with Gasteiger partial charge in [-0.3, -0.25) is 9.59 Å². The highest BCUT2D eigenvalue weighted by Crippen LogP contribution is 2.44. The highest BCUT2D eigenvalue weighted by molar-refractivity contribution is 6.32. The van der Waals surface area contributed by atoms with Gasteiger partial charge < -0.3 is 34.8 Å². The van der Waals surface area contributed by atoms with Crippen molar-refractivity contribution in [1.29, 1.82) is 0 Å². The Balaban J connectivity index is 0.000000200. The number of hydrogen-bond acceptors (Lipinski definition) is 7. The summed E-state index contributed by atoms with van der Waals surface area (Å²) in [6.45, 7) is 1.81. The maximum absolute atomic E-state index is 13.6. The van der Waals surface area contributed by atoms with Gasteiger partial charge in [-0.2, -0.15) is 0 Å². The topological polar surface area (TPSA) is 137 Å². The van der Waals surface area contributed by atoms with Crippen molar-refractivity contribution in [3.63, 3.8) is 0 Å². The van der Waals surface area contributed by atoms with E-state index < -0.39 is 29.0 Å². The number of aliphatic hydroxyl groups excluding tert-OH is 1. The van der Waals surface area contributed by atoms with Crippen molar-refractivity contribution in [1.82, 2.24) is 4.90 Å². The molecule has 3 aliphatic rings. The molecule has 1 heterocycles. The first-order valence-corrected chi connectivity index (χ1v) is 21.3. The molecule has 9 nitrogen and oxygen atoms in total. The molecule has 0 bridgehead atoms. The molecule has 7 rings (SSSR count). The molecule has 2 unspecified atom stereocenters. The Morgan fingerprint density at radius 3 is 1.47 bits per heavy atom. The first-order valence-electron chi connectivity index (χ1n) is 20.5. The third kappa shape index (κ3) is 11.1. The summed E-state index contributed by atoms with van der Waals surface area (Å²) in [6.07, 6.45) is 8.58. The summed E-state index contributed by atoms with van der Waals surface area (Å²) < 4.78 is 11.6. The molecule has 11 heteroatoms. The van der Waals surface area contributed by atoms with Gasteiger partial charge in [-0.05, 0) is 85.0 Å². The van der Waals surface area contributed by atoms with Crippen LogP contribution in [0.2, 0.25) is 10.0 Å². The van der Waals surface area contributed by atoms with E-state index in [9.17, 15) is 30.0 Å². The molecular weight excluding hydrogens is 777 g/mol. The number of carbonyl (C=O) groups excluding carboxylic acids is 1. The lowest BCUT2D eigenvalue weighted by molar-refractivity contribution is -0.148. The monoisotopic (exact) mass is 831 g/mol. The van der Waals surface area contributed by atoms with Gasteiger partial charge in [-0.25, -0.2) is 0 Å². The minimum Gasteiger partial charge on any atom is -0.487 e. The normalized spacial score (nSPS) is 18.9. The molecule has 4 aromatic carbocycles. The molecule has 0 radical (unpaired) electrons. The Bertz CT molecular complexity index is 1940. The number of ether oxygens (including phenoxy) is 2. The predicted octanol–water partition coefficient (Wildman–Crippen LogP) is 9.46. The largest absolute Gasteiger partial charge is 0.487 e. The predicted molar refractivity (Wildman–Crippen MR) is 225 cm³/mol. The minimum atomic E-state index is -1.22. The molecule has 310 valence electrons. The summed E-state index contributed by atoms with van der Waals surface area (Å²) in [5.74, 6) is -1.69. The van der Waals surface area contributed by atoms with E-state index in [1.54, 1.807) is 35.2 Å². The molecule has 1 saturated heterocycles. The van der Waals surface area contributed by atoms with Crippen LogP contribution in [0.4, 0.5) is 0 Å². The number of halogens is 2. The van der Waals surface area contributed by atoms with Crippen LogP contribution in [0.15, 0.2) is 97.1 Å². The van der Waals surface area contributed by atoms with Crippen molar-refractivity contribution >= 4 is 35.1 Å². The quantitative estimate of drug-likeness (QED) is 0.111. The van der Waals surface area contributed by atoms with Gasteiger partial charge in [0.2, 0.25) is 5.91 Å². The summed E-state index contributed by atoms with van der Waals surface area (Å²) in [6, 6.07) is 30.0. The van der Waals surface area contributed by atoms with Crippen LogP contribution in [0.5, 0.6) is 11.5 Å². The first-order chi connectivity index (χ1) is 28.0. The van der Waals surface area contributed by atoms with Crippen LogP contribution < -0.4 is 9.47 Å². The number of carboxylic acids is 1. The molecule has 0 spiro atoms. The number of carbonyl (C=O) groups is 2. The highest BCUT2D eigenvalue weighted by atomic mass is 35.5. The molecule has 1 aliphatic heterocycles. The lowest BCUT2D eigenvalue weighted by atomic mass is 9.72. The molecule has 0 aromatic heterocycles. The van der Waals surface area contributed by atoms with Crippen molar-refractivity contribution in [3.05, 3.63) is 129 Å². The lowest BCUT2D eigenvalue weighted by Crippen LogP contribution is -2.50. The number of benzene rings is 4. The SMILES string of the molecule is O=C(C(c1ccc(OCc2ccccc2)c(Cl)c1)C1(O)CCCCC1)N1CCC(O)CC1.O=C(O)C(c1ccc(OCc2ccccc2)c(Cl)c1)C1(O)CCCCC1. The van der Waals surface area contributed by atoms with Crippen LogP contribution in [0.25, 0.3) is 0 Å². The summed E-state index contributed by atoms with van der Waals surface area (Å²) in [4.78, 5) is 27.3. The van der Waals surface area contributed by atoms with Crippen LogP contribution in [-0.2, 0) is 22.8 Å². The average Bonchev–Trinajstić information content (AvgIpc) is 3.22. The van der Waals surface area contributed by atoms with Gasteiger partial charge in [0, 0.05) is 13.1 Å². The Labute approximate surface area is 351 Å². The molecule has 2 saturated carbocycles. The van der Waals surface area contributed by atoms with Crippen molar-refractivity contribution in [2.45, 2.75) is 119 Å². The Morgan fingerprint density at radius 1 is 0.638 bits per heavy atom. The second-order valence-electron chi connectivity index (χ2n) is 16.0. The van der Waals surface area contributed by atoms with Crippen molar-refractivity contribution in [2.75, 3.05) is 13.1 Å². The van der Waals surface area contributed by atoms with E-state index in [2.05, 4.69) is 0 Å². The van der Waals surface area contributed by atoms with Gasteiger partial charge in [0.05, 0.1) is 33.3 Å². The average molecular weight is 833 g/mol. The van der Waals surface area contributed by atoms with Gasteiger partial charge in [0.25, 0.3) is 0 Å². The van der Waals surface area contributed by atoms with E-state index in [1.807, 2.05) is 66.7 Å². The molecule has 3 fully saturated rings. The summed E-state index contributed by atoms with van der Waals surface area (Å²) in [5.41, 5.74) is 1.000. The van der Waals surface area contributed by atoms with Gasteiger partial charge in [-0.15, -0.1) is 0 Å². The molecule has 58 heavy (non-hydrogen) atoms. The van der Waals surface area contributed by atoms with E-state index in [-0.39, 0.29) is 12.0 Å². The van der Waals surface area contributed by atoms with Gasteiger partial charge in [0.15, 0.2) is 0 Å². The Morgan fingerprint density at radius 2 is 1.05 bits per heavy atom. The third-order valence-corrected chi connectivity index (χ3v) is 12.4. The number of nitrogens with zero attached hydrogens (tertiary/aromatic N) is 1. The number of carboxylic acid groups (broad SMARTS) is 1. The van der Waals surface area contributed by atoms with Gasteiger partial charge in [-0.1, -0.05) is 135 Å². The fourth-order valence-electron chi connectivity index (χ4n) is 8.64. The van der Waals surface area contributed by atoms with Crippen molar-refractivity contribution < 1.29 is 39.5 Å². The zero-order valence-electron chi connectivity index (χ0n) is 32.9. The number of piperidine rings is 1. The fourth-order valence-corrected chi connectivity index (χ4v) is 9.12. The molecule has 2 atom stereocenters. The van der Waals surface area contributed by atoms with Gasteiger partial charge >= 0.3 is 5.97 Å². The van der Waals surface area contributed by atoms with Crippen LogP contribution in [0, 0.1) is 0 Å². The molecule has 1 amide bonds. The molecule has 4 N–H and O–H groups in total. The highest BCUT2D eigenvalue weighted by Gasteiger charge is 2.46. The second-order valence-corrected chi connectivity index (χ2v) is 16.8. The zero-order valence-corrected chi connectivity index (χ0v) is 34.4. The van der Waals surface area contributed by atoms with E-state index in [4.69, 9.17) is 32.7 Å². The van der Waals surface area contributed by atoms with E-state index in [0.29, 0.717) is 91.9 Å². The molecule has 4 aromatic rings. The fraction of sp³-hybridized carbons (Fsp3) is 0.447. The van der Waals surface area contributed by atoms with Crippen molar-refractivity contribution in [2.24, 2.45) is 0 Å². The number of amides is 1. The zero-order chi connectivity index (χ0) is 41.1. The Hall–Kier alpha value is -4.12. The smallest absolute Gasteiger partial charge is 0.313 e. The van der Waals surface area contributed by atoms with Crippen LogP contribution in [0.1, 0.15) is 111 Å². The van der Waals surface area contributed by atoms with E-state index >= 15 is 0 Å². The lowest BCUT2D eigenvalue weighted by Gasteiger charge is -2.42. The van der Waals surface area contributed by atoms with Gasteiger partial charge in [0.1, 0.15) is 30.6 Å². The number of likely N-dealkylation sites (tertiary alicyclic amines) is 1. The van der Waals surface area contributed by atoms with Crippen LogP contribution in [0.3, 0.4) is 0 Å². The maximum Gasteiger partial charge on any atom is 0.313 e. The number of rotatable bonds is 12. The minimum absolute atomic E-state index is 0.0738. The number of aliphatic carboxylic acids is 1. The molecule has 2 aliphatic carbocycles. The standard InChI is InChI=1S/C26H32ClNO4.C21H23ClO4/c27-22-17-20(9-10-23(22)32-18-19-7-3-1-4-8-19)24(26(31)13-5-2-6-14-26)25(30)28-15-11-21(29)12-16-28;22-17-13-16(19(20(23)24)21(25)11-5-2-6-12-21)9-10-18(17)26-14-15-7-3-1-4-8-15/h1,3-4,7-10,17,21,24,29,31H,2,5-6,11-16,18H2;1,3-4,7-10,13,19,25H,2,5-6,11-12,14H2,(H,23,24). The number of hydrogen-bond donors (Lipinski definition) is 4. The van der Waals surface area contributed by atoms with Crippen LogP contribution >= 0.6 is 23.2 Å². The summed E-state index contributed by atoms with van der Waals surface area (Å²) in [5, 5.41) is 42.8. The van der Waals surface area contributed by atoms with Crippen molar-refractivity contribution in [3.8, 4) is 11.5 Å². The Kier molecular flexibility index (Phi) is 15.2. The molecular formula is C47H55Cl2NO8. The summed E-state index contributed by atoms with van der Waals surface area (Å²) >= 11 is 12.9. The van der Waals surface area contributed by atoms with E-state index in [1.165, 1.54) is 0 Å². The second kappa shape index (κ2) is 20.2. The maximum atomic E-state index is 13.6. The summed E-state index contributed by atoms with van der Waals surface area (Å²) in [7, 11) is 0. The first kappa shape index (κ1) is 43.5. The van der Waals surface area contributed by atoms with E-state index in [0.717, 1.165) is 55.2 Å². The number of aliphatic hydroxyl groups is 3.